The lowest BCUT2D eigenvalue weighted by molar-refractivity contribution is -0.166. The Morgan fingerprint density at radius 2 is 1.59 bits per heavy atom. The van der Waals surface area contributed by atoms with E-state index in [9.17, 15) is 18.8 Å². The number of piperidine rings is 1. The first-order valence-corrected chi connectivity index (χ1v) is 16.4. The molecule has 7 heteroatoms. The van der Waals surface area contributed by atoms with Gasteiger partial charge in [0.1, 0.15) is 11.9 Å². The largest absolute Gasteiger partial charge is 0.466 e. The highest BCUT2D eigenvalue weighted by Crippen LogP contribution is 2.47. The molecule has 2 amide bonds. The minimum Gasteiger partial charge on any atom is -0.466 e. The third kappa shape index (κ3) is 6.97. The number of fused-ring (bicyclic) bond motifs is 1. The number of nitrogens with one attached hydrogen (secondary N) is 1. The first kappa shape index (κ1) is 30.0. The normalized spacial score (nSPS) is 27.4. The van der Waals surface area contributed by atoms with E-state index in [4.69, 9.17) is 4.74 Å². The maximum absolute atomic E-state index is 14.0. The first-order chi connectivity index (χ1) is 19.9. The van der Waals surface area contributed by atoms with Crippen LogP contribution in [0.3, 0.4) is 0 Å². The number of likely N-dealkylation sites (tertiary alicyclic amines) is 1. The number of esters is 1. The number of halogens is 1. The summed E-state index contributed by atoms with van der Waals surface area (Å²) in [6, 6.07) is 5.49. The minimum atomic E-state index is -0.707. The van der Waals surface area contributed by atoms with Gasteiger partial charge in [-0.05, 0) is 87.3 Å². The van der Waals surface area contributed by atoms with Crippen molar-refractivity contribution in [1.29, 1.82) is 0 Å². The van der Waals surface area contributed by atoms with Crippen molar-refractivity contribution in [1.82, 2.24) is 10.2 Å². The second-order valence-corrected chi connectivity index (χ2v) is 13.2. The number of carbonyl (C=O) groups excluding carboxylic acids is 3. The van der Waals surface area contributed by atoms with E-state index < -0.39 is 11.5 Å². The molecule has 1 aliphatic heterocycles. The summed E-state index contributed by atoms with van der Waals surface area (Å²) in [5.41, 5.74) is 0.294. The maximum Gasteiger partial charge on any atom is 0.312 e. The molecule has 1 aromatic rings. The maximum atomic E-state index is 14.0. The second-order valence-electron chi connectivity index (χ2n) is 13.2. The molecule has 4 fully saturated rings. The molecule has 3 aliphatic carbocycles. The van der Waals surface area contributed by atoms with E-state index in [-0.39, 0.29) is 29.5 Å². The van der Waals surface area contributed by atoms with Crippen LogP contribution in [-0.4, -0.2) is 48.4 Å². The van der Waals surface area contributed by atoms with Crippen LogP contribution in [0.4, 0.5) is 4.39 Å². The topological polar surface area (TPSA) is 75.7 Å². The van der Waals surface area contributed by atoms with Crippen molar-refractivity contribution < 1.29 is 23.5 Å². The number of ether oxygens (including phenoxy) is 1. The molecule has 1 unspecified atom stereocenters. The number of benzene rings is 1. The summed E-state index contributed by atoms with van der Waals surface area (Å²) in [5, 5.41) is 3.15. The highest BCUT2D eigenvalue weighted by molar-refractivity contribution is 5.89. The zero-order chi connectivity index (χ0) is 28.8. The van der Waals surface area contributed by atoms with Gasteiger partial charge < -0.3 is 15.0 Å². The van der Waals surface area contributed by atoms with Crippen LogP contribution in [0.15, 0.2) is 24.3 Å². The molecule has 1 saturated heterocycles. The number of carbonyl (C=O) groups is 3. The second kappa shape index (κ2) is 13.7. The molecule has 1 N–H and O–H groups in total. The lowest BCUT2D eigenvalue weighted by atomic mass is 9.63. The van der Waals surface area contributed by atoms with E-state index >= 15 is 0 Å². The van der Waals surface area contributed by atoms with Crippen LogP contribution in [0.5, 0.6) is 0 Å². The van der Waals surface area contributed by atoms with Gasteiger partial charge in [0.25, 0.3) is 0 Å². The van der Waals surface area contributed by atoms with Gasteiger partial charge in [-0.2, -0.15) is 0 Å². The number of rotatable bonds is 8. The van der Waals surface area contributed by atoms with Crippen molar-refractivity contribution in [2.24, 2.45) is 29.1 Å². The fourth-order valence-electron chi connectivity index (χ4n) is 8.51. The fraction of sp³-hybridized carbons (Fsp3) is 0.735. The Hall–Kier alpha value is -2.44. The summed E-state index contributed by atoms with van der Waals surface area (Å²) in [4.78, 5) is 42.7. The van der Waals surface area contributed by atoms with E-state index in [1.807, 2.05) is 11.8 Å². The van der Waals surface area contributed by atoms with Gasteiger partial charge in [0, 0.05) is 25.4 Å². The summed E-state index contributed by atoms with van der Waals surface area (Å²) in [7, 11) is 0. The molecule has 4 aliphatic rings. The molecule has 226 valence electrons. The van der Waals surface area contributed by atoms with Gasteiger partial charge in [-0.3, -0.25) is 14.4 Å². The molecule has 0 radical (unpaired) electrons. The van der Waals surface area contributed by atoms with Crippen LogP contribution in [-0.2, 0) is 25.5 Å². The fourth-order valence-corrected chi connectivity index (χ4v) is 8.51. The van der Waals surface area contributed by atoms with Crippen molar-refractivity contribution in [3.63, 3.8) is 0 Å². The van der Waals surface area contributed by atoms with Gasteiger partial charge in [-0.15, -0.1) is 0 Å². The van der Waals surface area contributed by atoms with Gasteiger partial charge in [0.05, 0.1) is 12.0 Å². The van der Waals surface area contributed by atoms with Gasteiger partial charge in [0.2, 0.25) is 11.8 Å². The van der Waals surface area contributed by atoms with Crippen LogP contribution in [0.25, 0.3) is 0 Å². The Morgan fingerprint density at radius 3 is 2.27 bits per heavy atom. The predicted molar refractivity (Wildman–Crippen MR) is 156 cm³/mol. The van der Waals surface area contributed by atoms with Gasteiger partial charge in [0.15, 0.2) is 0 Å². The van der Waals surface area contributed by atoms with E-state index in [0.717, 1.165) is 56.4 Å². The Kier molecular flexibility index (Phi) is 10.0. The van der Waals surface area contributed by atoms with Gasteiger partial charge >= 0.3 is 5.97 Å². The summed E-state index contributed by atoms with van der Waals surface area (Å²) < 4.78 is 19.2. The molecule has 4 atom stereocenters. The van der Waals surface area contributed by atoms with Gasteiger partial charge in [-0.1, -0.05) is 57.1 Å². The highest BCUT2D eigenvalue weighted by Gasteiger charge is 2.49. The average molecular weight is 569 g/mol. The summed E-state index contributed by atoms with van der Waals surface area (Å²) in [6.07, 6.45) is 15.1. The van der Waals surface area contributed by atoms with Crippen molar-refractivity contribution in [3.05, 3.63) is 35.6 Å². The molecular weight excluding hydrogens is 519 g/mol. The molecular formula is C34H49FN2O4. The van der Waals surface area contributed by atoms with Crippen molar-refractivity contribution >= 4 is 17.8 Å². The minimum absolute atomic E-state index is 0.0189. The number of hydrogen-bond donors (Lipinski definition) is 1. The molecule has 41 heavy (non-hydrogen) atoms. The monoisotopic (exact) mass is 568 g/mol. The first-order valence-electron chi connectivity index (χ1n) is 16.4. The summed E-state index contributed by atoms with van der Waals surface area (Å²) in [5.74, 6) is 1.08. The van der Waals surface area contributed by atoms with Gasteiger partial charge in [-0.25, -0.2) is 4.39 Å². The average Bonchev–Trinajstić information content (AvgIpc) is 3.01. The van der Waals surface area contributed by atoms with Crippen molar-refractivity contribution in [3.8, 4) is 0 Å². The SMILES string of the molecule is CCOC(=O)C1(C2CCCCC2)CCN(C(=O)[C@@H](Cc2ccc(F)cc2)NC(=O)C2CC[C@@H]3CCCC[C@@H]3C2)CC1. The number of nitrogens with zero attached hydrogens (tertiary/aromatic N) is 1. The van der Waals surface area contributed by atoms with E-state index in [1.165, 1.54) is 44.2 Å². The predicted octanol–water partition coefficient (Wildman–Crippen LogP) is 6.21. The summed E-state index contributed by atoms with van der Waals surface area (Å²) >= 11 is 0. The number of amides is 2. The molecule has 0 spiro atoms. The van der Waals surface area contributed by atoms with Crippen molar-refractivity contribution in [2.75, 3.05) is 19.7 Å². The molecule has 6 nitrogen and oxygen atoms in total. The lowest BCUT2D eigenvalue weighted by Crippen LogP contribution is -2.56. The lowest BCUT2D eigenvalue weighted by Gasteiger charge is -2.46. The molecule has 3 saturated carbocycles. The van der Waals surface area contributed by atoms with Crippen LogP contribution in [0.2, 0.25) is 0 Å². The van der Waals surface area contributed by atoms with Crippen LogP contribution in [0, 0.1) is 34.9 Å². The third-order valence-corrected chi connectivity index (χ3v) is 10.9. The van der Waals surface area contributed by atoms with E-state index in [0.29, 0.717) is 50.8 Å². The third-order valence-electron chi connectivity index (χ3n) is 10.9. The Labute approximate surface area is 245 Å². The Morgan fingerprint density at radius 1 is 0.927 bits per heavy atom. The van der Waals surface area contributed by atoms with Crippen LogP contribution < -0.4 is 5.32 Å². The highest BCUT2D eigenvalue weighted by atomic mass is 19.1. The smallest absolute Gasteiger partial charge is 0.312 e. The molecule has 0 aromatic heterocycles. The van der Waals surface area contributed by atoms with Crippen molar-refractivity contribution in [2.45, 2.75) is 109 Å². The van der Waals surface area contributed by atoms with E-state index in [1.54, 1.807) is 12.1 Å². The van der Waals surface area contributed by atoms with Crippen LogP contribution >= 0.6 is 0 Å². The Balaban J connectivity index is 1.28. The quantitative estimate of drug-likeness (QED) is 0.378. The zero-order valence-electron chi connectivity index (χ0n) is 24.9. The molecule has 5 rings (SSSR count). The zero-order valence-corrected chi connectivity index (χ0v) is 24.9. The molecule has 1 aromatic carbocycles. The van der Waals surface area contributed by atoms with E-state index in [2.05, 4.69) is 5.32 Å². The standard InChI is InChI=1S/C34H49FN2O4/c1-2-41-33(40)34(28-10-4-3-5-11-28)18-20-37(21-19-34)32(39)30(22-24-12-16-29(35)17-13-24)36-31(38)27-15-14-25-8-6-7-9-26(25)23-27/h12-13,16-17,25-28,30H,2-11,14-15,18-23H2,1H3,(H,36,38)/t25-,26+,27?,30+/m0/s1. The van der Waals surface area contributed by atoms with Crippen LogP contribution in [0.1, 0.15) is 102 Å². The summed E-state index contributed by atoms with van der Waals surface area (Å²) in [6.45, 7) is 3.19. The number of hydrogen-bond acceptors (Lipinski definition) is 4. The molecule has 0 bridgehead atoms. The molecule has 1 heterocycles. The Bertz CT molecular complexity index is 1050.